The number of carbonyl (C=O) groups excluding carboxylic acids is 1. The highest BCUT2D eigenvalue weighted by Crippen LogP contribution is 2.08. The van der Waals surface area contributed by atoms with Crippen LogP contribution in [0.1, 0.15) is 11.3 Å². The Morgan fingerprint density at radius 3 is 2.65 bits per heavy atom. The first-order valence-electron chi connectivity index (χ1n) is 5.29. The van der Waals surface area contributed by atoms with Gasteiger partial charge in [-0.25, -0.2) is 0 Å². The van der Waals surface area contributed by atoms with Gasteiger partial charge in [0.15, 0.2) is 0 Å². The predicted octanol–water partition coefficient (Wildman–Crippen LogP) is 0.585. The normalized spacial score (nSPS) is 12.4. The topological polar surface area (TPSA) is 70.5 Å². The summed E-state index contributed by atoms with van der Waals surface area (Å²) in [4.78, 5) is 27.5. The number of hydrogen-bond acceptors (Lipinski definition) is 4. The van der Waals surface area contributed by atoms with Gasteiger partial charge in [0.05, 0.1) is 5.69 Å². The molecule has 1 unspecified atom stereocenters. The largest absolute Gasteiger partial charge is 0.481 e. The summed E-state index contributed by atoms with van der Waals surface area (Å²) in [6.45, 7) is 0.732. The molecule has 1 rings (SSSR count). The summed E-state index contributed by atoms with van der Waals surface area (Å²) in [6.07, 6.45) is 2.27. The monoisotopic (exact) mass is 236 g/mol. The molecule has 17 heavy (non-hydrogen) atoms. The van der Waals surface area contributed by atoms with E-state index in [9.17, 15) is 9.59 Å². The molecule has 0 aliphatic rings. The number of pyridine rings is 1. The van der Waals surface area contributed by atoms with Gasteiger partial charge in [-0.2, -0.15) is 0 Å². The standard InChI is InChI=1S/C12H16N2O3/c1-14(2)7-11-4-3-9(6-13-11)5-10(8-15)12(16)17/h3-4,6,8,10H,5,7H2,1-2H3,(H,16,17). The zero-order valence-corrected chi connectivity index (χ0v) is 9.96. The van der Waals surface area contributed by atoms with Crippen LogP contribution in [-0.2, 0) is 22.6 Å². The fourth-order valence-corrected chi connectivity index (χ4v) is 1.44. The van der Waals surface area contributed by atoms with Gasteiger partial charge in [0, 0.05) is 12.7 Å². The lowest BCUT2D eigenvalue weighted by molar-refractivity contribution is -0.143. The minimum absolute atomic E-state index is 0.189. The molecule has 0 aliphatic heterocycles. The summed E-state index contributed by atoms with van der Waals surface area (Å²) >= 11 is 0. The van der Waals surface area contributed by atoms with Crippen molar-refractivity contribution in [1.82, 2.24) is 9.88 Å². The van der Waals surface area contributed by atoms with Gasteiger partial charge >= 0.3 is 5.97 Å². The van der Waals surface area contributed by atoms with Crippen LogP contribution in [0.25, 0.3) is 0 Å². The zero-order chi connectivity index (χ0) is 12.8. The summed E-state index contributed by atoms with van der Waals surface area (Å²) in [7, 11) is 3.89. The van der Waals surface area contributed by atoms with E-state index >= 15 is 0 Å². The maximum absolute atomic E-state index is 10.7. The molecule has 0 amide bonds. The Morgan fingerprint density at radius 1 is 1.53 bits per heavy atom. The van der Waals surface area contributed by atoms with Gasteiger partial charge < -0.3 is 14.8 Å². The molecule has 0 spiro atoms. The van der Waals surface area contributed by atoms with E-state index in [0.29, 0.717) is 6.29 Å². The van der Waals surface area contributed by atoms with Crippen LogP contribution >= 0.6 is 0 Å². The minimum Gasteiger partial charge on any atom is -0.481 e. The molecule has 1 N–H and O–H groups in total. The summed E-state index contributed by atoms with van der Waals surface area (Å²) < 4.78 is 0. The fraction of sp³-hybridized carbons (Fsp3) is 0.417. The highest BCUT2D eigenvalue weighted by atomic mass is 16.4. The third-order valence-electron chi connectivity index (χ3n) is 2.30. The highest BCUT2D eigenvalue weighted by Gasteiger charge is 2.16. The maximum atomic E-state index is 10.7. The molecule has 0 radical (unpaired) electrons. The van der Waals surface area contributed by atoms with Gasteiger partial charge in [0.2, 0.25) is 0 Å². The Labute approximate surface area is 100 Å². The van der Waals surface area contributed by atoms with E-state index in [1.807, 2.05) is 31.1 Å². The number of rotatable bonds is 6. The molecule has 1 heterocycles. The Bertz CT molecular complexity index is 387. The van der Waals surface area contributed by atoms with Crippen LogP contribution in [-0.4, -0.2) is 41.3 Å². The lowest BCUT2D eigenvalue weighted by atomic mass is 10.0. The second kappa shape index (κ2) is 6.10. The van der Waals surface area contributed by atoms with E-state index < -0.39 is 11.9 Å². The van der Waals surface area contributed by atoms with Crippen molar-refractivity contribution in [2.45, 2.75) is 13.0 Å². The van der Waals surface area contributed by atoms with Crippen LogP contribution in [0.5, 0.6) is 0 Å². The second-order valence-electron chi connectivity index (χ2n) is 4.18. The Kier molecular flexibility index (Phi) is 4.78. The quantitative estimate of drug-likeness (QED) is 0.578. The highest BCUT2D eigenvalue weighted by molar-refractivity contribution is 5.86. The van der Waals surface area contributed by atoms with Gasteiger partial charge in [-0.05, 0) is 32.1 Å². The smallest absolute Gasteiger partial charge is 0.314 e. The number of nitrogens with zero attached hydrogens (tertiary/aromatic N) is 2. The molecule has 5 nitrogen and oxygen atoms in total. The zero-order valence-electron chi connectivity index (χ0n) is 9.96. The number of carboxylic acid groups (broad SMARTS) is 1. The third-order valence-corrected chi connectivity index (χ3v) is 2.30. The van der Waals surface area contributed by atoms with Gasteiger partial charge in [-0.1, -0.05) is 6.07 Å². The Hall–Kier alpha value is -1.75. The van der Waals surface area contributed by atoms with Crippen molar-refractivity contribution < 1.29 is 14.7 Å². The van der Waals surface area contributed by atoms with Crippen molar-refractivity contribution in [3.8, 4) is 0 Å². The molecule has 0 saturated heterocycles. The summed E-state index contributed by atoms with van der Waals surface area (Å²) in [5, 5.41) is 8.75. The van der Waals surface area contributed by atoms with E-state index in [0.717, 1.165) is 17.8 Å². The maximum Gasteiger partial charge on any atom is 0.314 e. The predicted molar refractivity (Wildman–Crippen MR) is 62.5 cm³/mol. The summed E-state index contributed by atoms with van der Waals surface area (Å²) in [6, 6.07) is 3.66. The molecule has 1 atom stereocenters. The minimum atomic E-state index is -1.10. The summed E-state index contributed by atoms with van der Waals surface area (Å²) in [5.74, 6) is -2.09. The van der Waals surface area contributed by atoms with Crippen LogP contribution in [0.3, 0.4) is 0 Å². The fourth-order valence-electron chi connectivity index (χ4n) is 1.44. The average Bonchev–Trinajstić information content (AvgIpc) is 2.26. The third kappa shape index (κ3) is 4.32. The number of hydrogen-bond donors (Lipinski definition) is 1. The van der Waals surface area contributed by atoms with E-state index in [4.69, 9.17) is 5.11 Å². The van der Waals surface area contributed by atoms with Crippen LogP contribution in [0.4, 0.5) is 0 Å². The second-order valence-corrected chi connectivity index (χ2v) is 4.18. The molecule has 0 aliphatic carbocycles. The van der Waals surface area contributed by atoms with Gasteiger partial charge in [-0.3, -0.25) is 9.78 Å². The molecule has 5 heteroatoms. The van der Waals surface area contributed by atoms with E-state index in [2.05, 4.69) is 4.98 Å². The number of aromatic nitrogens is 1. The number of aliphatic carboxylic acids is 1. The molecular weight excluding hydrogens is 220 g/mol. The number of carboxylic acids is 1. The van der Waals surface area contributed by atoms with E-state index in [-0.39, 0.29) is 6.42 Å². The summed E-state index contributed by atoms with van der Waals surface area (Å²) in [5.41, 5.74) is 1.67. The lowest BCUT2D eigenvalue weighted by Crippen LogP contribution is -2.18. The van der Waals surface area contributed by atoms with Crippen molar-refractivity contribution >= 4 is 12.3 Å². The first-order valence-corrected chi connectivity index (χ1v) is 5.29. The van der Waals surface area contributed by atoms with Crippen molar-refractivity contribution in [1.29, 1.82) is 0 Å². The van der Waals surface area contributed by atoms with Crippen LogP contribution in [0, 0.1) is 5.92 Å². The molecule has 92 valence electrons. The molecule has 0 bridgehead atoms. The molecular formula is C12H16N2O3. The Balaban J connectivity index is 2.67. The molecule has 0 fully saturated rings. The van der Waals surface area contributed by atoms with Gasteiger partial charge in [-0.15, -0.1) is 0 Å². The molecule has 0 aromatic carbocycles. The number of aldehydes is 1. The van der Waals surface area contributed by atoms with Crippen LogP contribution < -0.4 is 0 Å². The van der Waals surface area contributed by atoms with Crippen molar-refractivity contribution in [3.63, 3.8) is 0 Å². The van der Waals surface area contributed by atoms with Crippen molar-refractivity contribution in [3.05, 3.63) is 29.6 Å². The molecule has 1 aromatic rings. The molecule has 0 saturated carbocycles. The first-order chi connectivity index (χ1) is 8.02. The van der Waals surface area contributed by atoms with Gasteiger partial charge in [0.1, 0.15) is 12.2 Å². The van der Waals surface area contributed by atoms with E-state index in [1.54, 1.807) is 6.20 Å². The van der Waals surface area contributed by atoms with Gasteiger partial charge in [0.25, 0.3) is 0 Å². The number of carbonyl (C=O) groups is 2. The van der Waals surface area contributed by atoms with Crippen molar-refractivity contribution in [2.75, 3.05) is 14.1 Å². The SMILES string of the molecule is CN(C)Cc1ccc(CC(C=O)C(=O)O)cn1. The van der Waals surface area contributed by atoms with E-state index in [1.165, 1.54) is 0 Å². The van der Waals surface area contributed by atoms with Crippen molar-refractivity contribution in [2.24, 2.45) is 5.92 Å². The lowest BCUT2D eigenvalue weighted by Gasteiger charge is -2.09. The first kappa shape index (κ1) is 13.3. The van der Waals surface area contributed by atoms with Crippen LogP contribution in [0.2, 0.25) is 0 Å². The Morgan fingerprint density at radius 2 is 2.24 bits per heavy atom. The average molecular weight is 236 g/mol. The molecule has 1 aromatic heterocycles. The van der Waals surface area contributed by atoms with Crippen LogP contribution in [0.15, 0.2) is 18.3 Å².